The van der Waals surface area contributed by atoms with E-state index < -0.39 is 23.6 Å². The zero-order valence-corrected chi connectivity index (χ0v) is 17.5. The van der Waals surface area contributed by atoms with Crippen LogP contribution in [0.5, 0.6) is 11.6 Å². The molecule has 4 aromatic rings. The smallest absolute Gasteiger partial charge is 0.256 e. The summed E-state index contributed by atoms with van der Waals surface area (Å²) in [6, 6.07) is 11.3. The molecule has 0 saturated heterocycles. The van der Waals surface area contributed by atoms with Crippen molar-refractivity contribution >= 4 is 28.5 Å². The van der Waals surface area contributed by atoms with E-state index in [1.165, 1.54) is 13.0 Å². The second-order valence-electron chi connectivity index (χ2n) is 7.03. The van der Waals surface area contributed by atoms with Gasteiger partial charge in [0.2, 0.25) is 5.88 Å². The molecule has 0 spiro atoms. The van der Waals surface area contributed by atoms with Crippen LogP contribution in [0.2, 0.25) is 5.02 Å². The van der Waals surface area contributed by atoms with Gasteiger partial charge >= 0.3 is 0 Å². The van der Waals surface area contributed by atoms with Crippen molar-refractivity contribution in [3.8, 4) is 22.9 Å². The summed E-state index contributed by atoms with van der Waals surface area (Å²) >= 11 is 6.30. The highest BCUT2D eigenvalue weighted by atomic mass is 35.5. The number of nitrogens with zero attached hydrogens (tertiary/aromatic N) is 2. The van der Waals surface area contributed by atoms with Gasteiger partial charge in [-0.25, -0.2) is 8.78 Å². The van der Waals surface area contributed by atoms with Crippen LogP contribution >= 0.6 is 11.6 Å². The molecule has 2 aromatic heterocycles. The first kappa shape index (κ1) is 21.7. The van der Waals surface area contributed by atoms with E-state index in [1.807, 2.05) is 0 Å². The van der Waals surface area contributed by atoms with E-state index in [9.17, 15) is 18.7 Å². The Bertz CT molecular complexity index is 1310. The zero-order valence-electron chi connectivity index (χ0n) is 16.7. The molecule has 4 rings (SSSR count). The van der Waals surface area contributed by atoms with Gasteiger partial charge in [-0.15, -0.1) is 0 Å². The molecule has 1 amide bonds. The van der Waals surface area contributed by atoms with Crippen molar-refractivity contribution in [3.05, 3.63) is 70.8 Å². The number of halogens is 3. The second-order valence-corrected chi connectivity index (χ2v) is 7.43. The summed E-state index contributed by atoms with van der Waals surface area (Å²) in [4.78, 5) is 17.1. The van der Waals surface area contributed by atoms with Gasteiger partial charge in [-0.3, -0.25) is 9.89 Å². The number of carbonyl (C=O) groups excluding carboxylic acids is 1. The van der Waals surface area contributed by atoms with E-state index in [0.717, 1.165) is 12.1 Å². The van der Waals surface area contributed by atoms with E-state index >= 15 is 0 Å². The fraction of sp³-hybridized carbons (Fsp3) is 0.136. The fourth-order valence-corrected chi connectivity index (χ4v) is 3.26. The first-order chi connectivity index (χ1) is 15.3. The number of amides is 1. The summed E-state index contributed by atoms with van der Waals surface area (Å²) < 4.78 is 32.9. The van der Waals surface area contributed by atoms with Gasteiger partial charge in [0, 0.05) is 28.6 Å². The van der Waals surface area contributed by atoms with Gasteiger partial charge in [-0.1, -0.05) is 29.8 Å². The molecule has 3 N–H and O–H groups in total. The van der Waals surface area contributed by atoms with Crippen LogP contribution in [0, 0.1) is 11.6 Å². The van der Waals surface area contributed by atoms with Crippen molar-refractivity contribution in [2.45, 2.75) is 13.0 Å². The largest absolute Gasteiger partial charge is 0.435 e. The maximum atomic E-state index is 14.1. The monoisotopic (exact) mass is 458 g/mol. The zero-order chi connectivity index (χ0) is 22.8. The van der Waals surface area contributed by atoms with Crippen molar-refractivity contribution in [1.29, 1.82) is 0 Å². The molecule has 1 atom stereocenters. The number of pyridine rings is 1. The molecule has 2 heterocycles. The van der Waals surface area contributed by atoms with E-state index in [4.69, 9.17) is 16.3 Å². The Labute approximate surface area is 186 Å². The van der Waals surface area contributed by atoms with Crippen LogP contribution in [0.15, 0.2) is 48.5 Å². The Morgan fingerprint density at radius 3 is 2.75 bits per heavy atom. The van der Waals surface area contributed by atoms with Crippen LogP contribution < -0.4 is 10.1 Å². The topological polar surface area (TPSA) is 100 Å². The average Bonchev–Trinajstić information content (AvgIpc) is 3.16. The van der Waals surface area contributed by atoms with Gasteiger partial charge in [0.15, 0.2) is 17.2 Å². The summed E-state index contributed by atoms with van der Waals surface area (Å²) in [6.45, 7) is 1.49. The van der Waals surface area contributed by atoms with Crippen molar-refractivity contribution < 1.29 is 23.4 Å². The molecule has 0 saturated carbocycles. The molecule has 0 aliphatic rings. The summed E-state index contributed by atoms with van der Waals surface area (Å²) in [6.07, 6.45) is -0.790. The standard InChI is InChI=1S/C22H17ClF2N4O3/c1-11(30)10-26-21(31)15-9-14-19(13-4-2-3-5-16(13)23)28-29-20(14)27-22(15)32-18-7-6-12(24)8-17(18)25/h2-9,11,30H,10H2,1H3,(H,26,31)(H,27,28,29). The highest BCUT2D eigenvalue weighted by molar-refractivity contribution is 6.33. The summed E-state index contributed by atoms with van der Waals surface area (Å²) in [5, 5.41) is 20.0. The molecule has 2 aromatic carbocycles. The minimum Gasteiger partial charge on any atom is -0.435 e. The second kappa shape index (κ2) is 8.89. The van der Waals surface area contributed by atoms with E-state index in [2.05, 4.69) is 20.5 Å². The van der Waals surface area contributed by atoms with Crippen LogP contribution in [-0.2, 0) is 0 Å². The van der Waals surface area contributed by atoms with Gasteiger partial charge in [0.25, 0.3) is 5.91 Å². The molecule has 1 unspecified atom stereocenters. The van der Waals surface area contributed by atoms with Crippen LogP contribution in [0.3, 0.4) is 0 Å². The molecule has 0 bridgehead atoms. The normalized spacial score (nSPS) is 12.0. The molecule has 164 valence electrons. The number of rotatable bonds is 6. The maximum absolute atomic E-state index is 14.1. The van der Waals surface area contributed by atoms with Crippen LogP contribution in [0.1, 0.15) is 17.3 Å². The minimum atomic E-state index is -0.957. The molecular formula is C22H17ClF2N4O3. The third-order valence-electron chi connectivity index (χ3n) is 4.56. The number of aliphatic hydroxyl groups excluding tert-OH is 1. The molecule has 10 heteroatoms. The van der Waals surface area contributed by atoms with Gasteiger partial charge in [-0.05, 0) is 31.2 Å². The molecule has 32 heavy (non-hydrogen) atoms. The van der Waals surface area contributed by atoms with Crippen molar-refractivity contribution in [1.82, 2.24) is 20.5 Å². The number of H-pyrrole nitrogens is 1. The minimum absolute atomic E-state index is 0.0238. The van der Waals surface area contributed by atoms with Crippen molar-refractivity contribution in [3.63, 3.8) is 0 Å². The van der Waals surface area contributed by atoms with Gasteiger partial charge in [-0.2, -0.15) is 10.1 Å². The molecule has 7 nitrogen and oxygen atoms in total. The van der Waals surface area contributed by atoms with E-state index in [1.54, 1.807) is 24.3 Å². The van der Waals surface area contributed by atoms with Gasteiger partial charge in [0.05, 0.1) is 11.8 Å². The maximum Gasteiger partial charge on any atom is 0.256 e. The summed E-state index contributed by atoms with van der Waals surface area (Å²) in [7, 11) is 0. The quantitative estimate of drug-likeness (QED) is 0.396. The Kier molecular flexibility index (Phi) is 6.02. The number of nitrogens with one attached hydrogen (secondary N) is 2. The SMILES string of the molecule is CC(O)CNC(=O)c1cc2c(-c3ccccc3Cl)[nH]nc2nc1Oc1ccc(F)cc1F. The Morgan fingerprint density at radius 2 is 2.03 bits per heavy atom. The first-order valence-corrected chi connectivity index (χ1v) is 9.94. The Balaban J connectivity index is 1.83. The van der Waals surface area contributed by atoms with E-state index in [-0.39, 0.29) is 29.4 Å². The molecule has 0 aliphatic carbocycles. The number of carbonyl (C=O) groups is 1. The molecule has 0 radical (unpaired) electrons. The molecule has 0 aliphatic heterocycles. The number of aromatic amines is 1. The molecular weight excluding hydrogens is 442 g/mol. The number of benzene rings is 2. The predicted molar refractivity (Wildman–Crippen MR) is 115 cm³/mol. The highest BCUT2D eigenvalue weighted by Gasteiger charge is 2.22. The highest BCUT2D eigenvalue weighted by Crippen LogP contribution is 2.34. The molecule has 0 fully saturated rings. The van der Waals surface area contributed by atoms with Crippen LogP contribution in [0.25, 0.3) is 22.3 Å². The van der Waals surface area contributed by atoms with Crippen molar-refractivity contribution in [2.24, 2.45) is 0 Å². The third-order valence-corrected chi connectivity index (χ3v) is 4.89. The van der Waals surface area contributed by atoms with Crippen LogP contribution in [0.4, 0.5) is 8.78 Å². The average molecular weight is 459 g/mol. The number of hydrogen-bond acceptors (Lipinski definition) is 5. The summed E-state index contributed by atoms with van der Waals surface area (Å²) in [5.41, 5.74) is 1.34. The lowest BCUT2D eigenvalue weighted by molar-refractivity contribution is 0.0921. The number of ether oxygens (including phenoxy) is 1. The van der Waals surface area contributed by atoms with E-state index in [0.29, 0.717) is 27.7 Å². The Morgan fingerprint density at radius 1 is 1.25 bits per heavy atom. The number of hydrogen-bond donors (Lipinski definition) is 3. The number of aliphatic hydroxyl groups is 1. The van der Waals surface area contributed by atoms with Crippen molar-refractivity contribution in [2.75, 3.05) is 6.54 Å². The summed E-state index contributed by atoms with van der Waals surface area (Å²) in [5.74, 6) is -2.89. The Hall–Kier alpha value is -3.56. The lowest BCUT2D eigenvalue weighted by Gasteiger charge is -2.12. The first-order valence-electron chi connectivity index (χ1n) is 9.56. The van der Waals surface area contributed by atoms with Crippen LogP contribution in [-0.4, -0.2) is 38.8 Å². The lowest BCUT2D eigenvalue weighted by atomic mass is 10.1. The van der Waals surface area contributed by atoms with Gasteiger partial charge < -0.3 is 15.2 Å². The number of fused-ring (bicyclic) bond motifs is 1. The third kappa shape index (κ3) is 4.39. The fourth-order valence-electron chi connectivity index (χ4n) is 3.03. The predicted octanol–water partition coefficient (Wildman–Crippen LogP) is 4.46. The number of aromatic nitrogens is 3. The van der Waals surface area contributed by atoms with Gasteiger partial charge in [0.1, 0.15) is 11.4 Å². The lowest BCUT2D eigenvalue weighted by Crippen LogP contribution is -2.30.